The van der Waals surface area contributed by atoms with Crippen molar-refractivity contribution in [1.82, 2.24) is 4.90 Å². The lowest BCUT2D eigenvalue weighted by atomic mass is 10.1. The van der Waals surface area contributed by atoms with Gasteiger partial charge in [-0.25, -0.2) is 0 Å². The van der Waals surface area contributed by atoms with Gasteiger partial charge in [-0.15, -0.1) is 0 Å². The van der Waals surface area contributed by atoms with E-state index < -0.39 is 0 Å². The molecule has 0 saturated heterocycles. The molecular weight excluding hydrogens is 252 g/mol. The van der Waals surface area contributed by atoms with Gasteiger partial charge in [0.1, 0.15) is 0 Å². The minimum Gasteiger partial charge on any atom is -0.299 e. The average molecular weight is 269 g/mol. The molecule has 1 aromatic rings. The van der Waals surface area contributed by atoms with Gasteiger partial charge in [0, 0.05) is 23.4 Å². The van der Waals surface area contributed by atoms with Crippen molar-refractivity contribution in [2.45, 2.75) is 19.5 Å². The van der Waals surface area contributed by atoms with Crippen molar-refractivity contribution in [2.24, 2.45) is 0 Å². The van der Waals surface area contributed by atoms with Crippen molar-refractivity contribution in [3.05, 3.63) is 34.3 Å². The zero-order valence-corrected chi connectivity index (χ0v) is 12.0. The van der Waals surface area contributed by atoms with Crippen LogP contribution in [0, 0.1) is 11.3 Å². The van der Waals surface area contributed by atoms with Gasteiger partial charge in [-0.05, 0) is 37.9 Å². The highest BCUT2D eigenvalue weighted by Gasteiger charge is 2.11. The third-order valence-corrected chi connectivity index (χ3v) is 3.93. The van der Waals surface area contributed by atoms with Crippen LogP contribution in [0.3, 0.4) is 0 Å². The summed E-state index contributed by atoms with van der Waals surface area (Å²) >= 11 is 7.99. The molecule has 2 nitrogen and oxygen atoms in total. The summed E-state index contributed by atoms with van der Waals surface area (Å²) in [5.74, 6) is 1.10. The molecule has 0 aliphatic rings. The van der Waals surface area contributed by atoms with Gasteiger partial charge in [0.25, 0.3) is 0 Å². The molecule has 0 amide bonds. The molecule has 0 aliphatic heterocycles. The molecule has 1 unspecified atom stereocenters. The molecule has 0 fully saturated rings. The minimum absolute atomic E-state index is 0.511. The molecule has 1 atom stereocenters. The molecule has 0 saturated carbocycles. The predicted octanol–water partition coefficient (Wildman–Crippen LogP) is 3.39. The zero-order chi connectivity index (χ0) is 12.8. The summed E-state index contributed by atoms with van der Waals surface area (Å²) in [7, 11) is 2.09. The van der Waals surface area contributed by atoms with Crippen molar-refractivity contribution in [3.63, 3.8) is 0 Å². The quantitative estimate of drug-likeness (QED) is 0.819. The van der Waals surface area contributed by atoms with Crippen LogP contribution in [0.25, 0.3) is 0 Å². The summed E-state index contributed by atoms with van der Waals surface area (Å²) in [5, 5.41) is 9.44. The van der Waals surface area contributed by atoms with Crippen LogP contribution >= 0.6 is 23.4 Å². The number of rotatable bonds is 5. The largest absolute Gasteiger partial charge is 0.299 e. The van der Waals surface area contributed by atoms with Crippen molar-refractivity contribution in [1.29, 1.82) is 5.26 Å². The van der Waals surface area contributed by atoms with E-state index in [2.05, 4.69) is 31.2 Å². The Bertz CT molecular complexity index is 414. The summed E-state index contributed by atoms with van der Waals surface area (Å²) in [5.41, 5.74) is 1.68. The predicted molar refractivity (Wildman–Crippen MR) is 75.5 cm³/mol. The van der Waals surface area contributed by atoms with Gasteiger partial charge >= 0.3 is 0 Å². The fourth-order valence-corrected chi connectivity index (χ4v) is 2.52. The van der Waals surface area contributed by atoms with Gasteiger partial charge in [-0.3, -0.25) is 4.90 Å². The number of thioether (sulfide) groups is 1. The smallest absolute Gasteiger partial charge is 0.0992 e. The molecule has 1 rings (SSSR count). The second kappa shape index (κ2) is 6.90. The Hall–Kier alpha value is -0.690. The maximum Gasteiger partial charge on any atom is 0.0992 e. The van der Waals surface area contributed by atoms with E-state index in [-0.39, 0.29) is 0 Å². The Morgan fingerprint density at radius 3 is 2.76 bits per heavy atom. The van der Waals surface area contributed by atoms with Crippen LogP contribution in [0.5, 0.6) is 0 Å². The first kappa shape index (κ1) is 14.4. The van der Waals surface area contributed by atoms with Crippen LogP contribution in [0.4, 0.5) is 0 Å². The Morgan fingerprint density at radius 2 is 2.24 bits per heavy atom. The van der Waals surface area contributed by atoms with Gasteiger partial charge < -0.3 is 0 Å². The summed E-state index contributed by atoms with van der Waals surface area (Å²) in [6.07, 6.45) is 2.11. The van der Waals surface area contributed by atoms with Gasteiger partial charge in [0.2, 0.25) is 0 Å². The first-order valence-electron chi connectivity index (χ1n) is 5.46. The lowest BCUT2D eigenvalue weighted by Crippen LogP contribution is -2.30. The highest BCUT2D eigenvalue weighted by atomic mass is 35.5. The summed E-state index contributed by atoms with van der Waals surface area (Å²) in [6, 6.07) is 8.07. The number of nitriles is 1. The molecule has 4 heteroatoms. The van der Waals surface area contributed by atoms with Gasteiger partial charge in [0.05, 0.1) is 11.6 Å². The number of hydrogen-bond donors (Lipinski definition) is 0. The molecule has 0 spiro atoms. The molecular formula is C13H17ClN2S. The van der Waals surface area contributed by atoms with E-state index >= 15 is 0 Å². The van der Waals surface area contributed by atoms with Crippen LogP contribution in [0.15, 0.2) is 18.2 Å². The highest BCUT2D eigenvalue weighted by Crippen LogP contribution is 2.20. The van der Waals surface area contributed by atoms with Crippen LogP contribution in [-0.2, 0) is 6.54 Å². The molecule has 0 aliphatic carbocycles. The standard InChI is InChI=1S/C13H17ClN2S/c1-10(9-17-3)16(2)8-12-5-4-11(7-15)6-13(12)14/h4-6,10H,8-9H2,1-3H3. The second-order valence-corrected chi connectivity index (χ2v) is 5.46. The van der Waals surface area contributed by atoms with Gasteiger partial charge in [-0.2, -0.15) is 17.0 Å². The highest BCUT2D eigenvalue weighted by molar-refractivity contribution is 7.98. The minimum atomic E-state index is 0.511. The fourth-order valence-electron chi connectivity index (χ4n) is 1.54. The SMILES string of the molecule is CSCC(C)N(C)Cc1ccc(C#N)cc1Cl. The Morgan fingerprint density at radius 1 is 1.53 bits per heavy atom. The van der Waals surface area contributed by atoms with Gasteiger partial charge in [-0.1, -0.05) is 17.7 Å². The van der Waals surface area contributed by atoms with E-state index in [0.717, 1.165) is 17.9 Å². The Labute approximate surface area is 113 Å². The molecule has 0 heterocycles. The van der Waals surface area contributed by atoms with Crippen molar-refractivity contribution < 1.29 is 0 Å². The number of halogens is 1. The first-order chi connectivity index (χ1) is 8.08. The Balaban J connectivity index is 2.72. The third kappa shape index (κ3) is 4.23. The molecule has 0 bridgehead atoms. The molecule has 0 radical (unpaired) electrons. The van der Waals surface area contributed by atoms with E-state index in [1.807, 2.05) is 23.9 Å². The second-order valence-electron chi connectivity index (χ2n) is 4.14. The average Bonchev–Trinajstić information content (AvgIpc) is 2.31. The molecule has 0 N–H and O–H groups in total. The summed E-state index contributed by atoms with van der Waals surface area (Å²) in [6.45, 7) is 3.01. The molecule has 92 valence electrons. The van der Waals surface area contributed by atoms with Crippen LogP contribution < -0.4 is 0 Å². The maximum atomic E-state index is 8.77. The topological polar surface area (TPSA) is 27.0 Å². The van der Waals surface area contributed by atoms with E-state index in [1.54, 1.807) is 6.07 Å². The number of benzene rings is 1. The van der Waals surface area contributed by atoms with Crippen molar-refractivity contribution in [3.8, 4) is 6.07 Å². The van der Waals surface area contributed by atoms with Gasteiger partial charge in [0.15, 0.2) is 0 Å². The Kier molecular flexibility index (Phi) is 5.84. The summed E-state index contributed by atoms with van der Waals surface area (Å²) in [4.78, 5) is 2.27. The van der Waals surface area contributed by atoms with Crippen LogP contribution in [0.2, 0.25) is 5.02 Å². The molecule has 0 aromatic heterocycles. The zero-order valence-electron chi connectivity index (χ0n) is 10.4. The van der Waals surface area contributed by atoms with E-state index in [9.17, 15) is 0 Å². The number of nitrogens with zero attached hydrogens (tertiary/aromatic N) is 2. The third-order valence-electron chi connectivity index (χ3n) is 2.76. The van der Waals surface area contributed by atoms with Crippen LogP contribution in [-0.4, -0.2) is 30.0 Å². The lowest BCUT2D eigenvalue weighted by molar-refractivity contribution is 0.270. The lowest BCUT2D eigenvalue weighted by Gasteiger charge is -2.24. The van der Waals surface area contributed by atoms with E-state index in [0.29, 0.717) is 16.6 Å². The summed E-state index contributed by atoms with van der Waals surface area (Å²) < 4.78 is 0. The number of hydrogen-bond acceptors (Lipinski definition) is 3. The van der Waals surface area contributed by atoms with E-state index in [1.165, 1.54) is 0 Å². The molecule has 1 aromatic carbocycles. The normalized spacial score (nSPS) is 12.5. The first-order valence-corrected chi connectivity index (χ1v) is 7.23. The molecule has 17 heavy (non-hydrogen) atoms. The monoisotopic (exact) mass is 268 g/mol. The van der Waals surface area contributed by atoms with E-state index in [4.69, 9.17) is 16.9 Å². The van der Waals surface area contributed by atoms with Crippen molar-refractivity contribution in [2.75, 3.05) is 19.1 Å². The maximum absolute atomic E-state index is 8.77. The van der Waals surface area contributed by atoms with Crippen LogP contribution in [0.1, 0.15) is 18.1 Å². The fraction of sp³-hybridized carbons (Fsp3) is 0.462. The van der Waals surface area contributed by atoms with Crippen molar-refractivity contribution >= 4 is 23.4 Å².